The fourth-order valence-electron chi connectivity index (χ4n) is 7.94. The number of ketones is 1. The molecule has 1 spiro atoms. The number of sulfonamides is 1. The van der Waals surface area contributed by atoms with Crippen molar-refractivity contribution in [3.05, 3.63) is 64.3 Å². The first-order valence-corrected chi connectivity index (χ1v) is 20.3. The molecule has 1 aromatic heterocycles. The molecule has 1 aromatic carbocycles. The van der Waals surface area contributed by atoms with Crippen LogP contribution in [0.1, 0.15) is 67.6 Å². The van der Waals surface area contributed by atoms with Crippen molar-refractivity contribution >= 4 is 39.1 Å². The molecule has 2 aromatic rings. The van der Waals surface area contributed by atoms with Crippen LogP contribution < -0.4 is 19.7 Å². The minimum atomic E-state index is -3.97. The number of likely N-dealkylation sites (N-methyl/N-ethyl adjacent to an activating group) is 1. The van der Waals surface area contributed by atoms with Gasteiger partial charge in [-0.05, 0) is 106 Å². The smallest absolute Gasteiger partial charge is 0.283 e. The lowest BCUT2D eigenvalue weighted by atomic mass is 9.69. The third-order valence-corrected chi connectivity index (χ3v) is 13.6. The number of hydrogen-bond acceptors (Lipinski definition) is 10. The van der Waals surface area contributed by atoms with E-state index in [0.717, 1.165) is 71.5 Å². The number of ether oxygens (including phenoxy) is 2. The molecule has 2 fully saturated rings. The van der Waals surface area contributed by atoms with Gasteiger partial charge in [0.25, 0.3) is 5.91 Å². The van der Waals surface area contributed by atoms with E-state index >= 15 is 0 Å². The highest BCUT2D eigenvalue weighted by molar-refractivity contribution is 7.90. The third-order valence-electron chi connectivity index (χ3n) is 11.4. The zero-order chi connectivity index (χ0) is 36.2. The van der Waals surface area contributed by atoms with Gasteiger partial charge in [0.2, 0.25) is 10.0 Å². The number of carbonyl (C=O) groups excluding carboxylic acids is 2. The summed E-state index contributed by atoms with van der Waals surface area (Å²) in [5.41, 5.74) is 2.13. The molecule has 1 saturated heterocycles. The number of fused-ring (bicyclic) bond motifs is 4. The summed E-state index contributed by atoms with van der Waals surface area (Å²) in [6.07, 6.45) is 8.44. The molecule has 3 aliphatic heterocycles. The van der Waals surface area contributed by atoms with Crippen LogP contribution in [0.25, 0.3) is 0 Å². The number of amides is 1. The van der Waals surface area contributed by atoms with E-state index in [0.29, 0.717) is 42.7 Å². The van der Waals surface area contributed by atoms with E-state index < -0.39 is 21.2 Å². The summed E-state index contributed by atoms with van der Waals surface area (Å²) in [5.74, 6) is 0.147. The SMILES string of the molecule is CNCCN1CCOCC1.C[C@@H]1[C@@H](C)C/C=C/C(=O)[C@@H]2CC[C@H]2CN2C[C@@]3(CCCc4cc(Cl)ccc43)COc3ccc(nc32)C(=O)NS1(=O)=O. The van der Waals surface area contributed by atoms with Gasteiger partial charge in [0.15, 0.2) is 17.4 Å². The Kier molecular flexibility index (Phi) is 12.1. The van der Waals surface area contributed by atoms with Gasteiger partial charge in [0.05, 0.1) is 25.1 Å². The largest absolute Gasteiger partial charge is 0.489 e. The summed E-state index contributed by atoms with van der Waals surface area (Å²) in [6.45, 7) is 11.3. The highest BCUT2D eigenvalue weighted by Gasteiger charge is 2.45. The van der Waals surface area contributed by atoms with Crippen molar-refractivity contribution in [3.8, 4) is 5.75 Å². The predicted molar refractivity (Wildman–Crippen MR) is 199 cm³/mol. The average molecular weight is 742 g/mol. The van der Waals surface area contributed by atoms with Gasteiger partial charge >= 0.3 is 0 Å². The molecular formula is C38H52ClN5O6S. The first-order valence-electron chi connectivity index (χ1n) is 18.4. The van der Waals surface area contributed by atoms with Crippen molar-refractivity contribution in [3.63, 3.8) is 0 Å². The number of hydrogen-bond donors (Lipinski definition) is 2. The molecule has 1 saturated carbocycles. The van der Waals surface area contributed by atoms with Crippen LogP contribution in [0.5, 0.6) is 5.75 Å². The second-order valence-corrected chi connectivity index (χ2v) is 17.3. The van der Waals surface area contributed by atoms with E-state index in [9.17, 15) is 18.0 Å². The van der Waals surface area contributed by atoms with Crippen molar-refractivity contribution in [2.24, 2.45) is 17.8 Å². The van der Waals surface area contributed by atoms with Gasteiger partial charge in [-0.15, -0.1) is 0 Å². The molecule has 5 atom stereocenters. The number of nitrogens with zero attached hydrogens (tertiary/aromatic N) is 3. The third kappa shape index (κ3) is 8.62. The van der Waals surface area contributed by atoms with Crippen molar-refractivity contribution < 1.29 is 27.5 Å². The lowest BCUT2D eigenvalue weighted by molar-refractivity contribution is -0.122. The van der Waals surface area contributed by atoms with Crippen LogP contribution in [0.3, 0.4) is 0 Å². The number of nitrogens with one attached hydrogen (secondary N) is 2. The van der Waals surface area contributed by atoms with Crippen LogP contribution in [0.4, 0.5) is 5.82 Å². The fraction of sp³-hybridized carbons (Fsp3) is 0.605. The highest BCUT2D eigenvalue weighted by atomic mass is 35.5. The molecule has 0 radical (unpaired) electrons. The van der Waals surface area contributed by atoms with Gasteiger partial charge in [-0.1, -0.05) is 30.7 Å². The lowest BCUT2D eigenvalue weighted by Crippen LogP contribution is -2.49. The summed E-state index contributed by atoms with van der Waals surface area (Å²) in [4.78, 5) is 35.7. The van der Waals surface area contributed by atoms with E-state index in [4.69, 9.17) is 26.1 Å². The van der Waals surface area contributed by atoms with Gasteiger partial charge in [-0.25, -0.2) is 18.1 Å². The van der Waals surface area contributed by atoms with Gasteiger partial charge in [-0.2, -0.15) is 0 Å². The van der Waals surface area contributed by atoms with Gasteiger partial charge < -0.3 is 19.7 Å². The molecule has 51 heavy (non-hydrogen) atoms. The van der Waals surface area contributed by atoms with Crippen molar-refractivity contribution in [2.45, 2.75) is 63.0 Å². The van der Waals surface area contributed by atoms with Crippen LogP contribution in [-0.4, -0.2) is 101 Å². The summed E-state index contributed by atoms with van der Waals surface area (Å²) in [6, 6.07) is 9.30. The molecule has 2 aliphatic carbocycles. The molecule has 13 heteroatoms. The Balaban J connectivity index is 0.000000388. The van der Waals surface area contributed by atoms with Gasteiger partial charge in [0.1, 0.15) is 5.69 Å². The second kappa shape index (κ2) is 16.3. The zero-order valence-electron chi connectivity index (χ0n) is 30.0. The van der Waals surface area contributed by atoms with Crippen molar-refractivity contribution in [2.75, 3.05) is 71.0 Å². The topological polar surface area (TPSA) is 130 Å². The number of rotatable bonds is 3. The van der Waals surface area contributed by atoms with Crippen molar-refractivity contribution in [1.82, 2.24) is 19.9 Å². The van der Waals surface area contributed by atoms with Crippen LogP contribution >= 0.6 is 11.6 Å². The van der Waals surface area contributed by atoms with Crippen LogP contribution in [-0.2, 0) is 31.4 Å². The quantitative estimate of drug-likeness (QED) is 0.468. The summed E-state index contributed by atoms with van der Waals surface area (Å²) in [5, 5.41) is 3.01. The lowest BCUT2D eigenvalue weighted by Gasteiger charge is -2.43. The number of anilines is 1. The van der Waals surface area contributed by atoms with Gasteiger partial charge in [0, 0.05) is 55.6 Å². The van der Waals surface area contributed by atoms with Crippen LogP contribution in [0, 0.1) is 17.8 Å². The Morgan fingerprint density at radius 1 is 1.12 bits per heavy atom. The molecule has 4 heterocycles. The average Bonchev–Trinajstić information content (AvgIpc) is 3.25. The molecule has 2 N–H and O–H groups in total. The normalized spacial score (nSPS) is 29.9. The predicted octanol–water partition coefficient (Wildman–Crippen LogP) is 4.39. The fourth-order valence-corrected chi connectivity index (χ4v) is 9.41. The Morgan fingerprint density at radius 3 is 2.67 bits per heavy atom. The maximum Gasteiger partial charge on any atom is 0.283 e. The Labute approximate surface area is 307 Å². The number of aromatic nitrogens is 1. The minimum absolute atomic E-state index is 0.0146. The van der Waals surface area contributed by atoms with Crippen LogP contribution in [0.2, 0.25) is 5.02 Å². The monoisotopic (exact) mass is 741 g/mol. The maximum absolute atomic E-state index is 13.2. The van der Waals surface area contributed by atoms with Crippen LogP contribution in [0.15, 0.2) is 42.5 Å². The number of allylic oxidation sites excluding steroid dienone is 2. The van der Waals surface area contributed by atoms with E-state index in [1.807, 2.05) is 26.1 Å². The summed E-state index contributed by atoms with van der Waals surface area (Å²) in [7, 11) is -1.99. The molecule has 1 amide bonds. The first-order chi connectivity index (χ1) is 24.5. The molecule has 7 rings (SSSR count). The molecule has 5 aliphatic rings. The Bertz CT molecular complexity index is 1720. The van der Waals surface area contributed by atoms with Crippen molar-refractivity contribution in [1.29, 1.82) is 0 Å². The van der Waals surface area contributed by atoms with E-state index in [-0.39, 0.29) is 34.6 Å². The molecule has 2 bridgehead atoms. The van der Waals surface area contributed by atoms with E-state index in [2.05, 4.69) is 25.9 Å². The highest BCUT2D eigenvalue weighted by Crippen LogP contribution is 2.45. The van der Waals surface area contributed by atoms with E-state index in [1.165, 1.54) is 17.2 Å². The standard InChI is InChI=1S/C31H36ClN3O5S.C7H16N2O/c1-19-5-3-7-27(36)24-10-8-22(24)16-35-17-31(14-4-6-21-15-23(32)9-11-25(21)31)18-40-28-13-12-26(33-29(28)35)30(37)34-41(38,39)20(19)2;1-8-2-3-9-4-6-10-7-5-9/h3,7,9,11-13,15,19-20,22,24H,4-6,8,10,14,16-18H2,1-2H3,(H,34,37);8H,2-7H2,1H3/b7-3+;/t19-,20+,22-,24+,31-;/m0./s1. The number of aryl methyl sites for hydroxylation is 1. The molecule has 0 unspecified atom stereocenters. The summed E-state index contributed by atoms with van der Waals surface area (Å²) >= 11 is 6.36. The number of halogens is 1. The molecule has 278 valence electrons. The Hall–Kier alpha value is -3.03. The van der Waals surface area contributed by atoms with Gasteiger partial charge in [-0.3, -0.25) is 14.5 Å². The number of pyridine rings is 1. The second-order valence-electron chi connectivity index (χ2n) is 14.8. The number of benzene rings is 1. The maximum atomic E-state index is 13.2. The number of carbonyl (C=O) groups is 2. The Morgan fingerprint density at radius 2 is 1.92 bits per heavy atom. The zero-order valence-corrected chi connectivity index (χ0v) is 31.6. The first kappa shape index (κ1) is 37.7. The van der Waals surface area contributed by atoms with E-state index in [1.54, 1.807) is 25.1 Å². The summed E-state index contributed by atoms with van der Waals surface area (Å²) < 4.78 is 40.0. The number of morpholine rings is 1. The molecule has 11 nitrogen and oxygen atoms in total. The minimum Gasteiger partial charge on any atom is -0.489 e. The molecular weight excluding hydrogens is 690 g/mol.